The Morgan fingerprint density at radius 1 is 1.00 bits per heavy atom. The van der Waals surface area contributed by atoms with Crippen LogP contribution in [0.3, 0.4) is 0 Å². The summed E-state index contributed by atoms with van der Waals surface area (Å²) in [6, 6.07) is 14.4. The minimum absolute atomic E-state index is 0.0739. The molecule has 1 aromatic heterocycles. The first-order chi connectivity index (χ1) is 13.3. The number of nitrogens with one attached hydrogen (secondary N) is 2. The molecular weight excluding hydrogens is 356 g/mol. The van der Waals surface area contributed by atoms with Crippen LogP contribution in [-0.4, -0.2) is 17.4 Å². The van der Waals surface area contributed by atoms with Crippen molar-refractivity contribution in [3.05, 3.63) is 76.1 Å². The number of para-hydroxylation sites is 1. The summed E-state index contributed by atoms with van der Waals surface area (Å²) in [4.78, 5) is 36.9. The van der Waals surface area contributed by atoms with E-state index in [9.17, 15) is 14.4 Å². The number of benzene rings is 2. The molecule has 0 bridgehead atoms. The van der Waals surface area contributed by atoms with Crippen LogP contribution in [-0.2, 0) is 0 Å². The molecule has 0 fully saturated rings. The standard InChI is InChI=1S/C22H22N2O4/c1-4-22(2,3)24-20(26)14-9-11-15(12-10-14)23-21(27)19-13-17(25)16-7-5-6-8-18(16)28-19/h5-13H,4H2,1-3H3,(H,23,27)(H,24,26). The maximum Gasteiger partial charge on any atom is 0.291 e. The minimum atomic E-state index is -0.535. The molecule has 0 spiro atoms. The van der Waals surface area contributed by atoms with Gasteiger partial charge in [0.05, 0.1) is 5.39 Å². The van der Waals surface area contributed by atoms with Crippen LogP contribution in [0.15, 0.2) is 63.8 Å². The molecule has 2 N–H and O–H groups in total. The second-order valence-corrected chi connectivity index (χ2v) is 7.19. The fourth-order valence-corrected chi connectivity index (χ4v) is 2.58. The van der Waals surface area contributed by atoms with Crippen LogP contribution < -0.4 is 16.1 Å². The van der Waals surface area contributed by atoms with Gasteiger partial charge in [0.25, 0.3) is 11.8 Å². The number of rotatable bonds is 5. The zero-order valence-electron chi connectivity index (χ0n) is 16.0. The SMILES string of the molecule is CCC(C)(C)NC(=O)c1ccc(NC(=O)c2cc(=O)c3ccccc3o2)cc1. The fourth-order valence-electron chi connectivity index (χ4n) is 2.58. The summed E-state index contributed by atoms with van der Waals surface area (Å²) < 4.78 is 5.53. The number of fused-ring (bicyclic) bond motifs is 1. The molecule has 28 heavy (non-hydrogen) atoms. The van der Waals surface area contributed by atoms with Crippen molar-refractivity contribution in [2.75, 3.05) is 5.32 Å². The maximum absolute atomic E-state index is 12.4. The van der Waals surface area contributed by atoms with E-state index in [1.807, 2.05) is 20.8 Å². The largest absolute Gasteiger partial charge is 0.451 e. The quantitative estimate of drug-likeness (QED) is 0.703. The average Bonchev–Trinajstić information content (AvgIpc) is 2.68. The van der Waals surface area contributed by atoms with Gasteiger partial charge in [-0.25, -0.2) is 0 Å². The molecule has 0 aliphatic heterocycles. The van der Waals surface area contributed by atoms with Crippen molar-refractivity contribution in [1.82, 2.24) is 5.32 Å². The third kappa shape index (κ3) is 4.28. The molecule has 0 atom stereocenters. The fraction of sp³-hybridized carbons (Fsp3) is 0.227. The number of hydrogen-bond acceptors (Lipinski definition) is 4. The van der Waals surface area contributed by atoms with E-state index < -0.39 is 5.91 Å². The van der Waals surface area contributed by atoms with Gasteiger partial charge in [-0.05, 0) is 56.7 Å². The van der Waals surface area contributed by atoms with E-state index in [2.05, 4.69) is 10.6 Å². The second-order valence-electron chi connectivity index (χ2n) is 7.19. The third-order valence-electron chi connectivity index (χ3n) is 4.60. The summed E-state index contributed by atoms with van der Waals surface area (Å²) in [7, 11) is 0. The van der Waals surface area contributed by atoms with Gasteiger partial charge in [-0.15, -0.1) is 0 Å². The first-order valence-corrected chi connectivity index (χ1v) is 9.06. The Hall–Kier alpha value is -3.41. The lowest BCUT2D eigenvalue weighted by Crippen LogP contribution is -2.42. The van der Waals surface area contributed by atoms with Crippen LogP contribution in [0.25, 0.3) is 11.0 Å². The molecule has 2 aromatic carbocycles. The molecule has 1 heterocycles. The van der Waals surface area contributed by atoms with Crippen molar-refractivity contribution < 1.29 is 14.0 Å². The summed E-state index contributed by atoms with van der Waals surface area (Å²) in [5, 5.41) is 6.05. The van der Waals surface area contributed by atoms with Gasteiger partial charge in [-0.2, -0.15) is 0 Å². The molecule has 144 valence electrons. The van der Waals surface area contributed by atoms with Crippen LogP contribution in [0.4, 0.5) is 5.69 Å². The Kier molecular flexibility index (Phi) is 5.31. The zero-order chi connectivity index (χ0) is 20.3. The number of amides is 2. The number of anilines is 1. The van der Waals surface area contributed by atoms with Crippen LogP contribution in [0.5, 0.6) is 0 Å². The van der Waals surface area contributed by atoms with Gasteiger partial charge in [-0.1, -0.05) is 19.1 Å². The zero-order valence-corrected chi connectivity index (χ0v) is 16.0. The van der Waals surface area contributed by atoms with Crippen LogP contribution in [0.2, 0.25) is 0 Å². The summed E-state index contributed by atoms with van der Waals surface area (Å²) in [6.45, 7) is 5.91. The van der Waals surface area contributed by atoms with E-state index in [4.69, 9.17) is 4.42 Å². The van der Waals surface area contributed by atoms with Crippen molar-refractivity contribution in [1.29, 1.82) is 0 Å². The molecular formula is C22H22N2O4. The highest BCUT2D eigenvalue weighted by atomic mass is 16.3. The average molecular weight is 378 g/mol. The smallest absolute Gasteiger partial charge is 0.291 e. The molecule has 6 heteroatoms. The van der Waals surface area contributed by atoms with E-state index in [1.165, 1.54) is 6.07 Å². The Morgan fingerprint density at radius 3 is 2.36 bits per heavy atom. The van der Waals surface area contributed by atoms with Crippen LogP contribution in [0, 0.1) is 0 Å². The molecule has 0 aliphatic carbocycles. The van der Waals surface area contributed by atoms with Gasteiger partial charge < -0.3 is 15.1 Å². The second kappa shape index (κ2) is 7.68. The topological polar surface area (TPSA) is 88.4 Å². The molecule has 0 aliphatic rings. The first kappa shape index (κ1) is 19.4. The lowest BCUT2D eigenvalue weighted by Gasteiger charge is -2.24. The number of carbonyl (C=O) groups excluding carboxylic acids is 2. The molecule has 3 rings (SSSR count). The van der Waals surface area contributed by atoms with E-state index in [0.29, 0.717) is 22.2 Å². The van der Waals surface area contributed by atoms with Crippen molar-refractivity contribution in [2.45, 2.75) is 32.7 Å². The summed E-state index contributed by atoms with van der Waals surface area (Å²) >= 11 is 0. The van der Waals surface area contributed by atoms with Crippen molar-refractivity contribution >= 4 is 28.5 Å². The van der Waals surface area contributed by atoms with Crippen LogP contribution >= 0.6 is 0 Å². The predicted octanol–water partition coefficient (Wildman–Crippen LogP) is 3.96. The van der Waals surface area contributed by atoms with Crippen LogP contribution in [0.1, 0.15) is 48.1 Å². The predicted molar refractivity (Wildman–Crippen MR) is 109 cm³/mol. The van der Waals surface area contributed by atoms with Gasteiger partial charge >= 0.3 is 0 Å². The number of carbonyl (C=O) groups is 2. The lowest BCUT2D eigenvalue weighted by atomic mass is 10.0. The monoisotopic (exact) mass is 378 g/mol. The van der Waals surface area contributed by atoms with E-state index >= 15 is 0 Å². The summed E-state index contributed by atoms with van der Waals surface area (Å²) in [5.74, 6) is -0.785. The lowest BCUT2D eigenvalue weighted by molar-refractivity contribution is 0.0910. The first-order valence-electron chi connectivity index (χ1n) is 9.06. The molecule has 0 radical (unpaired) electrons. The molecule has 3 aromatic rings. The maximum atomic E-state index is 12.4. The molecule has 0 saturated heterocycles. The van der Waals surface area contributed by atoms with Gasteiger partial charge in [0.15, 0.2) is 11.2 Å². The van der Waals surface area contributed by atoms with Gasteiger partial charge in [-0.3, -0.25) is 14.4 Å². The Balaban J connectivity index is 1.75. The molecule has 2 amide bonds. The minimum Gasteiger partial charge on any atom is -0.451 e. The van der Waals surface area contributed by atoms with E-state index in [1.54, 1.807) is 48.5 Å². The van der Waals surface area contributed by atoms with Gasteiger partial charge in [0.1, 0.15) is 5.58 Å². The van der Waals surface area contributed by atoms with Crippen molar-refractivity contribution in [3.63, 3.8) is 0 Å². The van der Waals surface area contributed by atoms with Crippen molar-refractivity contribution in [2.24, 2.45) is 0 Å². The van der Waals surface area contributed by atoms with Gasteiger partial charge in [0, 0.05) is 22.9 Å². The Labute approximate surface area is 162 Å². The molecule has 0 unspecified atom stereocenters. The normalized spacial score (nSPS) is 11.2. The van der Waals surface area contributed by atoms with Gasteiger partial charge in [0.2, 0.25) is 0 Å². The highest BCUT2D eigenvalue weighted by Gasteiger charge is 2.19. The Morgan fingerprint density at radius 2 is 1.68 bits per heavy atom. The summed E-state index contributed by atoms with van der Waals surface area (Å²) in [6.07, 6.45) is 0.809. The summed E-state index contributed by atoms with van der Waals surface area (Å²) in [5.41, 5.74) is 0.768. The Bertz CT molecular complexity index is 1080. The van der Waals surface area contributed by atoms with Crippen molar-refractivity contribution in [3.8, 4) is 0 Å². The highest BCUT2D eigenvalue weighted by molar-refractivity contribution is 6.03. The third-order valence-corrected chi connectivity index (χ3v) is 4.60. The molecule has 0 saturated carbocycles. The van der Waals surface area contributed by atoms with E-state index in [0.717, 1.165) is 6.42 Å². The van der Waals surface area contributed by atoms with E-state index in [-0.39, 0.29) is 22.6 Å². The number of hydrogen-bond donors (Lipinski definition) is 2. The highest BCUT2D eigenvalue weighted by Crippen LogP contribution is 2.16. The molecule has 6 nitrogen and oxygen atoms in total.